The number of hydrogen-bond donors (Lipinski definition) is 1. The Bertz CT molecular complexity index is 1030. The van der Waals surface area contributed by atoms with Gasteiger partial charge in [0.25, 0.3) is 0 Å². The number of rotatable bonds is 7. The highest BCUT2D eigenvalue weighted by atomic mass is 16.5. The topological polar surface area (TPSA) is 45.1 Å². The van der Waals surface area contributed by atoms with Gasteiger partial charge in [0.2, 0.25) is 0 Å². The molecular formula is C28H32N2O2. The molecule has 2 aromatic carbocycles. The Labute approximate surface area is 190 Å². The average Bonchev–Trinajstić information content (AvgIpc) is 3.52. The molecule has 2 aromatic rings. The monoisotopic (exact) mass is 428 g/mol. The van der Waals surface area contributed by atoms with Gasteiger partial charge in [-0.25, -0.2) is 0 Å². The third kappa shape index (κ3) is 4.00. The third-order valence-electron chi connectivity index (χ3n) is 7.44. The first-order chi connectivity index (χ1) is 15.8. The van der Waals surface area contributed by atoms with Crippen LogP contribution in [-0.2, 0) is 18.3 Å². The lowest BCUT2D eigenvalue weighted by atomic mass is 9.64. The van der Waals surface area contributed by atoms with Crippen LogP contribution in [0, 0.1) is 5.92 Å². The molecule has 0 amide bonds. The lowest BCUT2D eigenvalue weighted by molar-refractivity contribution is 0.296. The van der Waals surface area contributed by atoms with E-state index in [0.717, 1.165) is 64.1 Å². The SMILES string of the molecule is O/N=C/C(C1=CC=CCC1)(c1ccccc1)[C@@H]1CCN(CCc2ccc3c(c2)CCO3)C1. The van der Waals surface area contributed by atoms with Crippen LogP contribution in [0.4, 0.5) is 0 Å². The minimum Gasteiger partial charge on any atom is -0.493 e. The van der Waals surface area contributed by atoms with Crippen molar-refractivity contribution in [3.8, 4) is 5.75 Å². The lowest BCUT2D eigenvalue weighted by Gasteiger charge is -2.39. The Morgan fingerprint density at radius 1 is 1.16 bits per heavy atom. The molecule has 2 heterocycles. The fourth-order valence-electron chi connectivity index (χ4n) is 5.79. The van der Waals surface area contributed by atoms with E-state index in [1.54, 1.807) is 0 Å². The summed E-state index contributed by atoms with van der Waals surface area (Å²) in [5.74, 6) is 1.44. The number of ether oxygens (including phenoxy) is 1. The predicted octanol–water partition coefficient (Wildman–Crippen LogP) is 5.16. The molecule has 0 saturated carbocycles. The van der Waals surface area contributed by atoms with Crippen LogP contribution in [0.5, 0.6) is 5.75 Å². The summed E-state index contributed by atoms with van der Waals surface area (Å²) < 4.78 is 5.65. The van der Waals surface area contributed by atoms with Crippen molar-refractivity contribution in [1.29, 1.82) is 0 Å². The largest absolute Gasteiger partial charge is 0.493 e. The summed E-state index contributed by atoms with van der Waals surface area (Å²) in [6, 6.07) is 17.3. The fraction of sp³-hybridized carbons (Fsp3) is 0.393. The minimum absolute atomic E-state index is 0.361. The van der Waals surface area contributed by atoms with Gasteiger partial charge in [-0.1, -0.05) is 66.3 Å². The van der Waals surface area contributed by atoms with Crippen molar-refractivity contribution >= 4 is 6.21 Å². The molecule has 2 atom stereocenters. The quantitative estimate of drug-likeness (QED) is 0.376. The zero-order valence-electron chi connectivity index (χ0n) is 18.6. The van der Waals surface area contributed by atoms with Gasteiger partial charge in [0.15, 0.2) is 0 Å². The van der Waals surface area contributed by atoms with Crippen molar-refractivity contribution in [1.82, 2.24) is 4.90 Å². The third-order valence-corrected chi connectivity index (χ3v) is 7.44. The summed E-state index contributed by atoms with van der Waals surface area (Å²) in [5.41, 5.74) is 4.96. The van der Waals surface area contributed by atoms with Crippen molar-refractivity contribution in [3.63, 3.8) is 0 Å². The van der Waals surface area contributed by atoms with Gasteiger partial charge in [0.1, 0.15) is 5.75 Å². The Morgan fingerprint density at radius 3 is 2.88 bits per heavy atom. The molecule has 1 fully saturated rings. The van der Waals surface area contributed by atoms with Gasteiger partial charge in [-0.15, -0.1) is 5.16 Å². The molecule has 2 aliphatic heterocycles. The van der Waals surface area contributed by atoms with Crippen LogP contribution in [0.1, 0.15) is 36.0 Å². The van der Waals surface area contributed by atoms with E-state index in [-0.39, 0.29) is 5.41 Å². The number of allylic oxidation sites excluding steroid dienone is 4. The molecule has 0 aromatic heterocycles. The van der Waals surface area contributed by atoms with Gasteiger partial charge in [0, 0.05) is 19.5 Å². The molecule has 4 nitrogen and oxygen atoms in total. The second kappa shape index (κ2) is 9.33. The van der Waals surface area contributed by atoms with Crippen LogP contribution in [0.3, 0.4) is 0 Å². The van der Waals surface area contributed by atoms with Crippen LogP contribution >= 0.6 is 0 Å². The standard InChI is InChI=1S/C28H32N2O2/c31-29-21-28(24-7-3-1-4-8-24,25-9-5-2-6-10-25)26-14-17-30(20-26)16-13-22-11-12-27-23(19-22)15-18-32-27/h1-5,7-9,11-12,19,21,26,31H,6,10,13-18,20H2/b29-21+/t26-,28?/m1/s1. The predicted molar refractivity (Wildman–Crippen MR) is 129 cm³/mol. The Morgan fingerprint density at radius 2 is 2.06 bits per heavy atom. The van der Waals surface area contributed by atoms with Crippen LogP contribution in [0.2, 0.25) is 0 Å². The summed E-state index contributed by atoms with van der Waals surface area (Å²) in [5, 5.41) is 13.4. The van der Waals surface area contributed by atoms with Gasteiger partial charge in [-0.05, 0) is 60.9 Å². The summed E-state index contributed by atoms with van der Waals surface area (Å²) in [4.78, 5) is 2.58. The van der Waals surface area contributed by atoms with Crippen molar-refractivity contribution in [3.05, 3.63) is 89.0 Å². The first-order valence-electron chi connectivity index (χ1n) is 11.9. The number of nitrogens with zero attached hydrogens (tertiary/aromatic N) is 2. The maximum atomic E-state index is 9.75. The smallest absolute Gasteiger partial charge is 0.122 e. The molecule has 1 aliphatic carbocycles. The average molecular weight is 429 g/mol. The van der Waals surface area contributed by atoms with E-state index in [0.29, 0.717) is 5.92 Å². The van der Waals surface area contributed by atoms with Gasteiger partial charge < -0.3 is 14.8 Å². The zero-order valence-corrected chi connectivity index (χ0v) is 18.6. The minimum atomic E-state index is -0.361. The number of fused-ring (bicyclic) bond motifs is 1. The Kier molecular flexibility index (Phi) is 6.13. The van der Waals surface area contributed by atoms with Gasteiger partial charge in [0.05, 0.1) is 18.2 Å². The van der Waals surface area contributed by atoms with E-state index in [1.807, 2.05) is 6.21 Å². The highest BCUT2D eigenvalue weighted by Crippen LogP contribution is 2.45. The molecule has 1 unspecified atom stereocenters. The molecule has 1 saturated heterocycles. The highest BCUT2D eigenvalue weighted by Gasteiger charge is 2.45. The maximum absolute atomic E-state index is 9.75. The van der Waals surface area contributed by atoms with E-state index >= 15 is 0 Å². The van der Waals surface area contributed by atoms with Crippen molar-refractivity contribution < 1.29 is 9.94 Å². The summed E-state index contributed by atoms with van der Waals surface area (Å²) in [6.07, 6.45) is 13.7. The number of benzene rings is 2. The second-order valence-corrected chi connectivity index (χ2v) is 9.22. The van der Waals surface area contributed by atoms with Gasteiger partial charge in [-0.2, -0.15) is 0 Å². The lowest BCUT2D eigenvalue weighted by Crippen LogP contribution is -2.41. The summed E-state index contributed by atoms with van der Waals surface area (Å²) in [7, 11) is 0. The van der Waals surface area contributed by atoms with Crippen molar-refractivity contribution in [2.45, 2.75) is 37.5 Å². The summed E-state index contributed by atoms with van der Waals surface area (Å²) >= 11 is 0. The Hall–Kier alpha value is -2.85. The fourth-order valence-corrected chi connectivity index (χ4v) is 5.79. The molecule has 3 aliphatic rings. The normalized spacial score (nSPS) is 22.5. The highest BCUT2D eigenvalue weighted by molar-refractivity contribution is 5.79. The molecule has 0 radical (unpaired) electrons. The van der Waals surface area contributed by atoms with E-state index in [1.165, 1.54) is 22.3 Å². The molecule has 0 bridgehead atoms. The van der Waals surface area contributed by atoms with Crippen molar-refractivity contribution in [2.75, 3.05) is 26.2 Å². The molecule has 166 valence electrons. The number of likely N-dealkylation sites (tertiary alicyclic amines) is 1. The molecule has 32 heavy (non-hydrogen) atoms. The van der Waals surface area contributed by atoms with E-state index in [9.17, 15) is 5.21 Å². The second-order valence-electron chi connectivity index (χ2n) is 9.22. The molecule has 1 N–H and O–H groups in total. The molecule has 4 heteroatoms. The first-order valence-corrected chi connectivity index (χ1v) is 11.9. The first kappa shape index (κ1) is 21.0. The Balaban J connectivity index is 1.36. The number of hydrogen-bond acceptors (Lipinski definition) is 4. The van der Waals surface area contributed by atoms with Crippen LogP contribution in [0.15, 0.2) is 77.5 Å². The molecule has 5 rings (SSSR count). The van der Waals surface area contributed by atoms with Gasteiger partial charge >= 0.3 is 0 Å². The van der Waals surface area contributed by atoms with E-state index < -0.39 is 0 Å². The molecular weight excluding hydrogens is 396 g/mol. The van der Waals surface area contributed by atoms with Gasteiger partial charge in [-0.3, -0.25) is 0 Å². The summed E-state index contributed by atoms with van der Waals surface area (Å²) in [6.45, 7) is 3.95. The zero-order chi connectivity index (χ0) is 21.8. The maximum Gasteiger partial charge on any atom is 0.122 e. The number of oxime groups is 1. The van der Waals surface area contributed by atoms with Crippen LogP contribution < -0.4 is 4.74 Å². The van der Waals surface area contributed by atoms with Crippen LogP contribution in [-0.4, -0.2) is 42.6 Å². The van der Waals surface area contributed by atoms with Crippen LogP contribution in [0.25, 0.3) is 0 Å². The van der Waals surface area contributed by atoms with E-state index in [2.05, 4.69) is 76.8 Å². The molecule has 0 spiro atoms. The van der Waals surface area contributed by atoms with E-state index in [4.69, 9.17) is 4.74 Å². The van der Waals surface area contributed by atoms with Crippen molar-refractivity contribution in [2.24, 2.45) is 11.1 Å².